The minimum atomic E-state index is 0.0106. The number of ether oxygens (including phenoxy) is 1. The summed E-state index contributed by atoms with van der Waals surface area (Å²) in [6, 6.07) is 0.214. The molecule has 17 heavy (non-hydrogen) atoms. The van der Waals surface area contributed by atoms with Crippen LogP contribution in [0.1, 0.15) is 33.6 Å². The van der Waals surface area contributed by atoms with Gasteiger partial charge in [0.15, 0.2) is 0 Å². The lowest BCUT2D eigenvalue weighted by molar-refractivity contribution is -0.147. The van der Waals surface area contributed by atoms with Crippen LogP contribution in [0.2, 0.25) is 0 Å². The third-order valence-corrected chi connectivity index (χ3v) is 3.93. The second-order valence-corrected chi connectivity index (χ2v) is 5.53. The molecule has 0 spiro atoms. The maximum absolute atomic E-state index is 12.5. The van der Waals surface area contributed by atoms with E-state index in [-0.39, 0.29) is 24.1 Å². The van der Waals surface area contributed by atoms with Crippen molar-refractivity contribution in [2.45, 2.75) is 51.8 Å². The standard InChI is InChI=1S/C13H24N2O2/c1-9-5-4-6-14-12(9)13(16)15-7-11(3)17-8-10(15)2/h9-12,14H,4-8H2,1-3H3. The van der Waals surface area contributed by atoms with Crippen LogP contribution < -0.4 is 5.32 Å². The summed E-state index contributed by atoms with van der Waals surface area (Å²) in [4.78, 5) is 14.5. The molecule has 2 fully saturated rings. The lowest BCUT2D eigenvalue weighted by Gasteiger charge is -2.41. The smallest absolute Gasteiger partial charge is 0.240 e. The van der Waals surface area contributed by atoms with Gasteiger partial charge in [0, 0.05) is 6.54 Å². The van der Waals surface area contributed by atoms with E-state index in [2.05, 4.69) is 19.2 Å². The summed E-state index contributed by atoms with van der Waals surface area (Å²) >= 11 is 0. The van der Waals surface area contributed by atoms with Gasteiger partial charge in [-0.2, -0.15) is 0 Å². The molecule has 0 bridgehead atoms. The van der Waals surface area contributed by atoms with E-state index in [4.69, 9.17) is 4.74 Å². The Labute approximate surface area is 104 Å². The molecular formula is C13H24N2O2. The van der Waals surface area contributed by atoms with Crippen molar-refractivity contribution in [3.8, 4) is 0 Å². The number of hydrogen-bond acceptors (Lipinski definition) is 3. The van der Waals surface area contributed by atoms with Crippen molar-refractivity contribution in [2.24, 2.45) is 5.92 Å². The third-order valence-electron chi connectivity index (χ3n) is 3.93. The molecule has 2 aliphatic rings. The fraction of sp³-hybridized carbons (Fsp3) is 0.923. The Morgan fingerprint density at radius 2 is 2.12 bits per heavy atom. The van der Waals surface area contributed by atoms with E-state index in [1.165, 1.54) is 6.42 Å². The van der Waals surface area contributed by atoms with Crippen LogP contribution in [-0.2, 0) is 9.53 Å². The molecule has 4 heteroatoms. The fourth-order valence-corrected chi connectivity index (χ4v) is 2.77. The Bertz CT molecular complexity index is 283. The highest BCUT2D eigenvalue weighted by atomic mass is 16.5. The van der Waals surface area contributed by atoms with E-state index < -0.39 is 0 Å². The highest BCUT2D eigenvalue weighted by Gasteiger charge is 2.35. The van der Waals surface area contributed by atoms with Crippen molar-refractivity contribution in [1.82, 2.24) is 10.2 Å². The highest BCUT2D eigenvalue weighted by Crippen LogP contribution is 2.20. The van der Waals surface area contributed by atoms with E-state index in [0.717, 1.165) is 19.5 Å². The summed E-state index contributed by atoms with van der Waals surface area (Å²) in [5, 5.41) is 3.37. The molecule has 4 atom stereocenters. The zero-order valence-electron chi connectivity index (χ0n) is 11.1. The number of carbonyl (C=O) groups excluding carboxylic acids is 1. The predicted octanol–water partition coefficient (Wildman–Crippen LogP) is 1.01. The third kappa shape index (κ3) is 2.80. The molecule has 0 aromatic rings. The molecule has 0 aliphatic carbocycles. The van der Waals surface area contributed by atoms with E-state index in [0.29, 0.717) is 12.5 Å². The van der Waals surface area contributed by atoms with Gasteiger partial charge >= 0.3 is 0 Å². The molecule has 2 heterocycles. The number of morpholine rings is 1. The first-order valence-electron chi connectivity index (χ1n) is 6.75. The molecule has 1 amide bonds. The van der Waals surface area contributed by atoms with Crippen LogP contribution in [0.25, 0.3) is 0 Å². The first kappa shape index (κ1) is 12.8. The van der Waals surface area contributed by atoms with Gasteiger partial charge in [0.1, 0.15) is 0 Å². The van der Waals surface area contributed by atoms with Crippen molar-refractivity contribution in [1.29, 1.82) is 0 Å². The van der Waals surface area contributed by atoms with Gasteiger partial charge in [-0.1, -0.05) is 6.92 Å². The van der Waals surface area contributed by atoms with E-state index in [9.17, 15) is 4.79 Å². The van der Waals surface area contributed by atoms with Crippen LogP contribution in [0.3, 0.4) is 0 Å². The van der Waals surface area contributed by atoms with Crippen molar-refractivity contribution >= 4 is 5.91 Å². The minimum Gasteiger partial charge on any atom is -0.375 e. The summed E-state index contributed by atoms with van der Waals surface area (Å²) in [5.74, 6) is 0.710. The Balaban J connectivity index is 2.02. The van der Waals surface area contributed by atoms with Gasteiger partial charge in [0.2, 0.25) is 5.91 Å². The number of carbonyl (C=O) groups is 1. The molecule has 0 radical (unpaired) electrons. The van der Waals surface area contributed by atoms with Gasteiger partial charge in [-0.3, -0.25) is 4.79 Å². The normalized spacial score (nSPS) is 39.1. The predicted molar refractivity (Wildman–Crippen MR) is 66.8 cm³/mol. The lowest BCUT2D eigenvalue weighted by atomic mass is 9.91. The van der Waals surface area contributed by atoms with Crippen molar-refractivity contribution in [3.05, 3.63) is 0 Å². The molecular weight excluding hydrogens is 216 g/mol. The summed E-state index contributed by atoms with van der Waals surface area (Å²) in [6.45, 7) is 8.62. The quantitative estimate of drug-likeness (QED) is 0.744. The average Bonchev–Trinajstić information content (AvgIpc) is 2.32. The van der Waals surface area contributed by atoms with Gasteiger partial charge in [0.25, 0.3) is 0 Å². The Morgan fingerprint density at radius 3 is 2.82 bits per heavy atom. The van der Waals surface area contributed by atoms with Crippen molar-refractivity contribution < 1.29 is 9.53 Å². The van der Waals surface area contributed by atoms with Gasteiger partial charge < -0.3 is 15.0 Å². The SMILES string of the molecule is CC1CN(C(=O)C2NCCCC2C)C(C)CO1. The highest BCUT2D eigenvalue weighted by molar-refractivity contribution is 5.82. The molecule has 98 valence electrons. The van der Waals surface area contributed by atoms with Gasteiger partial charge in [0.05, 0.1) is 24.8 Å². The van der Waals surface area contributed by atoms with Gasteiger partial charge in [-0.15, -0.1) is 0 Å². The van der Waals surface area contributed by atoms with Crippen LogP contribution in [0.5, 0.6) is 0 Å². The molecule has 1 N–H and O–H groups in total. The van der Waals surface area contributed by atoms with Crippen molar-refractivity contribution in [3.63, 3.8) is 0 Å². The minimum absolute atomic E-state index is 0.0106. The number of hydrogen-bond donors (Lipinski definition) is 1. The molecule has 0 aromatic carbocycles. The monoisotopic (exact) mass is 240 g/mol. The van der Waals surface area contributed by atoms with Gasteiger partial charge in [-0.25, -0.2) is 0 Å². The molecule has 2 saturated heterocycles. The number of rotatable bonds is 1. The number of amides is 1. The Hall–Kier alpha value is -0.610. The maximum Gasteiger partial charge on any atom is 0.240 e. The summed E-state index contributed by atoms with van der Waals surface area (Å²) in [6.07, 6.45) is 2.49. The molecule has 2 rings (SSSR count). The first-order valence-corrected chi connectivity index (χ1v) is 6.75. The second kappa shape index (κ2) is 5.36. The maximum atomic E-state index is 12.5. The number of nitrogens with zero attached hydrogens (tertiary/aromatic N) is 1. The van der Waals surface area contributed by atoms with Crippen LogP contribution >= 0.6 is 0 Å². The number of piperidine rings is 1. The van der Waals surface area contributed by atoms with Crippen LogP contribution in [0.4, 0.5) is 0 Å². The van der Waals surface area contributed by atoms with E-state index in [1.807, 2.05) is 11.8 Å². The van der Waals surface area contributed by atoms with E-state index >= 15 is 0 Å². The summed E-state index contributed by atoms with van der Waals surface area (Å²) < 4.78 is 5.57. The molecule has 4 nitrogen and oxygen atoms in total. The molecule has 0 aromatic heterocycles. The summed E-state index contributed by atoms with van der Waals surface area (Å²) in [7, 11) is 0. The largest absolute Gasteiger partial charge is 0.375 e. The summed E-state index contributed by atoms with van der Waals surface area (Å²) in [5.41, 5.74) is 0. The first-order chi connectivity index (χ1) is 8.09. The molecule has 0 saturated carbocycles. The fourth-order valence-electron chi connectivity index (χ4n) is 2.77. The lowest BCUT2D eigenvalue weighted by Crippen LogP contribution is -2.58. The van der Waals surface area contributed by atoms with Crippen LogP contribution in [0.15, 0.2) is 0 Å². The van der Waals surface area contributed by atoms with Crippen molar-refractivity contribution in [2.75, 3.05) is 19.7 Å². The number of nitrogens with one attached hydrogen (secondary N) is 1. The van der Waals surface area contributed by atoms with Crippen LogP contribution in [-0.4, -0.2) is 48.7 Å². The van der Waals surface area contributed by atoms with Crippen LogP contribution in [0, 0.1) is 5.92 Å². The average molecular weight is 240 g/mol. The Morgan fingerprint density at radius 1 is 1.35 bits per heavy atom. The molecule has 4 unspecified atom stereocenters. The van der Waals surface area contributed by atoms with Gasteiger partial charge in [-0.05, 0) is 39.2 Å². The zero-order chi connectivity index (χ0) is 12.4. The Kier molecular flexibility index (Phi) is 4.05. The van der Waals surface area contributed by atoms with E-state index in [1.54, 1.807) is 0 Å². The topological polar surface area (TPSA) is 41.6 Å². The molecule has 2 aliphatic heterocycles. The second-order valence-electron chi connectivity index (χ2n) is 5.53. The zero-order valence-corrected chi connectivity index (χ0v) is 11.1.